The molecule has 0 radical (unpaired) electrons. The summed E-state index contributed by atoms with van der Waals surface area (Å²) in [5.74, 6) is 1.45. The summed E-state index contributed by atoms with van der Waals surface area (Å²) in [6.45, 7) is 4.19. The molecular weight excluding hydrogens is 322 g/mol. The number of hydrogen-bond donors (Lipinski definition) is 1. The SMILES string of the molecule is Cc1cc(N2c3ccccc3CC2C)nc(Nc2ccc(C#N)cc2)n1. The predicted octanol–water partition coefficient (Wildman–Crippen LogP) is 4.48. The Bertz CT molecular complexity index is 988. The van der Waals surface area contributed by atoms with Crippen LogP contribution in [0, 0.1) is 18.3 Å². The van der Waals surface area contributed by atoms with Crippen molar-refractivity contribution in [3.05, 3.63) is 71.4 Å². The molecule has 1 aromatic heterocycles. The first-order valence-corrected chi connectivity index (χ1v) is 8.64. The van der Waals surface area contributed by atoms with E-state index in [-0.39, 0.29) is 0 Å². The third kappa shape index (κ3) is 2.98. The maximum atomic E-state index is 8.92. The molecule has 0 spiro atoms. The largest absolute Gasteiger partial charge is 0.324 e. The topological polar surface area (TPSA) is 64.8 Å². The minimum Gasteiger partial charge on any atom is -0.324 e. The summed E-state index contributed by atoms with van der Waals surface area (Å²) >= 11 is 0. The van der Waals surface area contributed by atoms with Crippen LogP contribution in [0.5, 0.6) is 0 Å². The van der Waals surface area contributed by atoms with Crippen LogP contribution in [0.2, 0.25) is 0 Å². The molecular formula is C21H19N5. The summed E-state index contributed by atoms with van der Waals surface area (Å²) in [4.78, 5) is 11.5. The van der Waals surface area contributed by atoms with Gasteiger partial charge in [-0.15, -0.1) is 0 Å². The van der Waals surface area contributed by atoms with Crippen molar-refractivity contribution in [3.8, 4) is 6.07 Å². The minimum absolute atomic E-state index is 0.351. The molecule has 5 heteroatoms. The Balaban J connectivity index is 1.67. The van der Waals surface area contributed by atoms with Crippen LogP contribution < -0.4 is 10.2 Å². The summed E-state index contributed by atoms with van der Waals surface area (Å²) in [5, 5.41) is 12.2. The van der Waals surface area contributed by atoms with Crippen LogP contribution in [0.15, 0.2) is 54.6 Å². The van der Waals surface area contributed by atoms with Gasteiger partial charge in [0.25, 0.3) is 0 Å². The smallest absolute Gasteiger partial charge is 0.229 e. The highest BCUT2D eigenvalue weighted by Crippen LogP contribution is 2.37. The first kappa shape index (κ1) is 16.1. The van der Waals surface area contributed by atoms with Crippen molar-refractivity contribution < 1.29 is 0 Å². The lowest BCUT2D eigenvalue weighted by Crippen LogP contribution is -2.25. The molecule has 0 fully saturated rings. The Morgan fingerprint density at radius 1 is 1.12 bits per heavy atom. The monoisotopic (exact) mass is 341 g/mol. The molecule has 5 nitrogen and oxygen atoms in total. The van der Waals surface area contributed by atoms with E-state index < -0.39 is 0 Å². The number of nitriles is 1. The van der Waals surface area contributed by atoms with Gasteiger partial charge in [0.2, 0.25) is 5.95 Å². The molecule has 0 bridgehead atoms. The number of anilines is 4. The van der Waals surface area contributed by atoms with Gasteiger partial charge in [-0.2, -0.15) is 10.2 Å². The van der Waals surface area contributed by atoms with Gasteiger partial charge < -0.3 is 10.2 Å². The maximum Gasteiger partial charge on any atom is 0.229 e. The molecule has 2 aromatic carbocycles. The molecule has 1 aliphatic rings. The van der Waals surface area contributed by atoms with Crippen LogP contribution in [0.4, 0.5) is 23.1 Å². The van der Waals surface area contributed by atoms with E-state index >= 15 is 0 Å². The molecule has 1 unspecified atom stereocenters. The number of rotatable bonds is 3. The molecule has 2 heterocycles. The van der Waals surface area contributed by atoms with E-state index in [9.17, 15) is 0 Å². The number of fused-ring (bicyclic) bond motifs is 1. The Morgan fingerprint density at radius 2 is 1.88 bits per heavy atom. The van der Waals surface area contributed by atoms with Crippen molar-refractivity contribution in [2.45, 2.75) is 26.3 Å². The van der Waals surface area contributed by atoms with E-state index in [4.69, 9.17) is 10.2 Å². The zero-order valence-electron chi connectivity index (χ0n) is 14.8. The molecule has 1 N–H and O–H groups in total. The summed E-state index contributed by atoms with van der Waals surface area (Å²) in [7, 11) is 0. The van der Waals surface area contributed by atoms with E-state index in [2.05, 4.69) is 52.5 Å². The van der Waals surface area contributed by atoms with Crippen LogP contribution in [-0.2, 0) is 6.42 Å². The number of hydrogen-bond acceptors (Lipinski definition) is 5. The third-order valence-corrected chi connectivity index (χ3v) is 4.56. The fourth-order valence-corrected chi connectivity index (χ4v) is 3.40. The Morgan fingerprint density at radius 3 is 2.65 bits per heavy atom. The average Bonchev–Trinajstić information content (AvgIpc) is 2.97. The Kier molecular flexibility index (Phi) is 4.02. The lowest BCUT2D eigenvalue weighted by atomic mass is 10.1. The van der Waals surface area contributed by atoms with Crippen molar-refractivity contribution in [3.63, 3.8) is 0 Å². The number of aryl methyl sites for hydroxylation is 1. The molecule has 0 saturated carbocycles. The van der Waals surface area contributed by atoms with Gasteiger partial charge in [-0.3, -0.25) is 0 Å². The van der Waals surface area contributed by atoms with E-state index in [0.717, 1.165) is 23.6 Å². The second kappa shape index (κ2) is 6.49. The van der Waals surface area contributed by atoms with Crippen LogP contribution in [0.1, 0.15) is 23.7 Å². The zero-order chi connectivity index (χ0) is 18.1. The summed E-state index contributed by atoms with van der Waals surface area (Å²) in [6, 6.07) is 20.2. The third-order valence-electron chi connectivity index (χ3n) is 4.56. The van der Waals surface area contributed by atoms with E-state index in [1.165, 1.54) is 11.3 Å². The average molecular weight is 341 g/mol. The lowest BCUT2D eigenvalue weighted by molar-refractivity contribution is 0.749. The van der Waals surface area contributed by atoms with Gasteiger partial charge in [0.15, 0.2) is 0 Å². The fraction of sp³-hybridized carbons (Fsp3) is 0.190. The summed E-state index contributed by atoms with van der Waals surface area (Å²) < 4.78 is 0. The quantitative estimate of drug-likeness (QED) is 0.761. The number of para-hydroxylation sites is 1. The summed E-state index contributed by atoms with van der Waals surface area (Å²) in [5.41, 5.74) is 4.95. The van der Waals surface area contributed by atoms with Gasteiger partial charge in [-0.25, -0.2) is 4.98 Å². The normalized spacial score (nSPS) is 15.4. The molecule has 0 amide bonds. The standard InChI is InChI=1S/C21H19N5/c1-14-11-20(26-15(2)12-17-5-3-4-6-19(17)26)25-21(23-14)24-18-9-7-16(13-22)8-10-18/h3-11,15H,12H2,1-2H3,(H,23,24,25). The molecule has 1 atom stereocenters. The van der Waals surface area contributed by atoms with Gasteiger partial charge in [-0.1, -0.05) is 18.2 Å². The molecule has 26 heavy (non-hydrogen) atoms. The van der Waals surface area contributed by atoms with Gasteiger partial charge in [0, 0.05) is 29.2 Å². The van der Waals surface area contributed by atoms with Crippen LogP contribution in [0.3, 0.4) is 0 Å². The molecule has 3 aromatic rings. The van der Waals surface area contributed by atoms with Crippen molar-refractivity contribution in [2.75, 3.05) is 10.2 Å². The minimum atomic E-state index is 0.351. The van der Waals surface area contributed by atoms with Crippen molar-refractivity contribution in [2.24, 2.45) is 0 Å². The van der Waals surface area contributed by atoms with Gasteiger partial charge >= 0.3 is 0 Å². The highest BCUT2D eigenvalue weighted by atomic mass is 15.3. The van der Waals surface area contributed by atoms with Gasteiger partial charge in [0.05, 0.1) is 11.6 Å². The van der Waals surface area contributed by atoms with Crippen LogP contribution in [0.25, 0.3) is 0 Å². The van der Waals surface area contributed by atoms with Crippen molar-refractivity contribution >= 4 is 23.1 Å². The van der Waals surface area contributed by atoms with Crippen molar-refractivity contribution in [1.82, 2.24) is 9.97 Å². The highest BCUT2D eigenvalue weighted by Gasteiger charge is 2.28. The second-order valence-electron chi connectivity index (χ2n) is 6.56. The first-order chi connectivity index (χ1) is 12.6. The van der Waals surface area contributed by atoms with Gasteiger partial charge in [-0.05, 0) is 56.2 Å². The first-order valence-electron chi connectivity index (χ1n) is 8.64. The van der Waals surface area contributed by atoms with Crippen molar-refractivity contribution in [1.29, 1.82) is 5.26 Å². The number of nitrogens with one attached hydrogen (secondary N) is 1. The number of nitrogens with zero attached hydrogens (tertiary/aromatic N) is 4. The predicted molar refractivity (Wildman–Crippen MR) is 103 cm³/mol. The number of benzene rings is 2. The molecule has 1 aliphatic heterocycles. The Labute approximate surface area is 153 Å². The summed E-state index contributed by atoms with van der Waals surface area (Å²) in [6.07, 6.45) is 1.01. The van der Waals surface area contributed by atoms with E-state index in [1.54, 1.807) is 12.1 Å². The van der Waals surface area contributed by atoms with Crippen LogP contribution >= 0.6 is 0 Å². The molecule has 128 valence electrons. The zero-order valence-corrected chi connectivity index (χ0v) is 14.8. The van der Waals surface area contributed by atoms with E-state index in [1.807, 2.05) is 25.1 Å². The Hall–Kier alpha value is -3.39. The molecule has 4 rings (SSSR count). The maximum absolute atomic E-state index is 8.92. The van der Waals surface area contributed by atoms with Gasteiger partial charge in [0.1, 0.15) is 5.82 Å². The number of aromatic nitrogens is 2. The van der Waals surface area contributed by atoms with Crippen LogP contribution in [-0.4, -0.2) is 16.0 Å². The molecule has 0 aliphatic carbocycles. The second-order valence-corrected chi connectivity index (χ2v) is 6.56. The molecule has 0 saturated heterocycles. The fourth-order valence-electron chi connectivity index (χ4n) is 3.40. The highest BCUT2D eigenvalue weighted by molar-refractivity contribution is 5.70. The van der Waals surface area contributed by atoms with E-state index in [0.29, 0.717) is 17.6 Å². The lowest BCUT2D eigenvalue weighted by Gasteiger charge is -2.24.